The molecular weight excluding hydrogens is 259 g/mol. The number of anilines is 1. The predicted octanol–water partition coefficient (Wildman–Crippen LogP) is 3.45. The number of carbonyl (C=O) groups excluding carboxylic acids is 1. The van der Waals surface area contributed by atoms with E-state index >= 15 is 0 Å². The molecule has 2 aromatic rings. The van der Waals surface area contributed by atoms with Crippen LogP contribution in [0.25, 0.3) is 0 Å². The van der Waals surface area contributed by atoms with Gasteiger partial charge in [-0.3, -0.25) is 5.32 Å². The molecule has 0 saturated carbocycles. The van der Waals surface area contributed by atoms with Crippen LogP contribution < -0.4 is 5.32 Å². The lowest BCUT2D eigenvalue weighted by atomic mass is 10.2. The molecule has 1 N–H and O–H groups in total. The SMILES string of the molecule is N#Cc1cc(F)cc(NC(=O)OCc2ccccc2)c1. The standard InChI is InChI=1S/C15H11FN2O2/c16-13-6-12(9-17)7-14(8-13)18-15(19)20-10-11-4-2-1-3-5-11/h1-8H,10H2,(H,18,19). The fourth-order valence-electron chi connectivity index (χ4n) is 1.60. The highest BCUT2D eigenvalue weighted by molar-refractivity contribution is 5.84. The summed E-state index contributed by atoms with van der Waals surface area (Å²) in [5.41, 5.74) is 1.16. The van der Waals surface area contributed by atoms with E-state index in [-0.39, 0.29) is 17.9 Å². The van der Waals surface area contributed by atoms with Gasteiger partial charge in [-0.2, -0.15) is 5.26 Å². The van der Waals surface area contributed by atoms with Crippen molar-refractivity contribution in [2.75, 3.05) is 5.32 Å². The van der Waals surface area contributed by atoms with Crippen molar-refractivity contribution in [3.8, 4) is 6.07 Å². The van der Waals surface area contributed by atoms with Gasteiger partial charge in [-0.05, 0) is 23.8 Å². The van der Waals surface area contributed by atoms with Gasteiger partial charge < -0.3 is 4.74 Å². The van der Waals surface area contributed by atoms with Crippen LogP contribution in [0.1, 0.15) is 11.1 Å². The molecule has 0 fully saturated rings. The van der Waals surface area contributed by atoms with Crippen LogP contribution in [0.2, 0.25) is 0 Å². The molecule has 2 aromatic carbocycles. The Kier molecular flexibility index (Phi) is 4.30. The van der Waals surface area contributed by atoms with Gasteiger partial charge in [-0.1, -0.05) is 30.3 Å². The third kappa shape index (κ3) is 3.82. The molecule has 0 atom stereocenters. The fraction of sp³-hybridized carbons (Fsp3) is 0.0667. The summed E-state index contributed by atoms with van der Waals surface area (Å²) in [6.45, 7) is 0.118. The van der Waals surface area contributed by atoms with E-state index < -0.39 is 11.9 Å². The number of ether oxygens (including phenoxy) is 1. The lowest BCUT2D eigenvalue weighted by molar-refractivity contribution is 0.155. The Morgan fingerprint density at radius 3 is 2.70 bits per heavy atom. The van der Waals surface area contributed by atoms with Crippen LogP contribution in [0, 0.1) is 17.1 Å². The van der Waals surface area contributed by atoms with Crippen LogP contribution in [-0.4, -0.2) is 6.09 Å². The zero-order valence-corrected chi connectivity index (χ0v) is 10.5. The van der Waals surface area contributed by atoms with Gasteiger partial charge >= 0.3 is 6.09 Å². The monoisotopic (exact) mass is 270 g/mol. The molecule has 0 bridgehead atoms. The number of hydrogen-bond acceptors (Lipinski definition) is 3. The van der Waals surface area contributed by atoms with E-state index in [0.717, 1.165) is 17.7 Å². The molecular formula is C15H11FN2O2. The van der Waals surface area contributed by atoms with Crippen LogP contribution in [0.15, 0.2) is 48.5 Å². The highest BCUT2D eigenvalue weighted by atomic mass is 19.1. The topological polar surface area (TPSA) is 62.1 Å². The highest BCUT2D eigenvalue weighted by Crippen LogP contribution is 2.14. The molecule has 0 heterocycles. The van der Waals surface area contributed by atoms with Crippen LogP contribution in [-0.2, 0) is 11.3 Å². The summed E-state index contributed by atoms with van der Waals surface area (Å²) in [7, 11) is 0. The molecule has 20 heavy (non-hydrogen) atoms. The van der Waals surface area contributed by atoms with Gasteiger partial charge in [0.05, 0.1) is 11.6 Å². The van der Waals surface area contributed by atoms with Gasteiger partial charge in [0.1, 0.15) is 12.4 Å². The minimum Gasteiger partial charge on any atom is -0.444 e. The maximum atomic E-state index is 13.2. The van der Waals surface area contributed by atoms with Crippen molar-refractivity contribution < 1.29 is 13.9 Å². The predicted molar refractivity (Wildman–Crippen MR) is 71.4 cm³/mol. The zero-order valence-electron chi connectivity index (χ0n) is 10.5. The molecule has 0 spiro atoms. The van der Waals surface area contributed by atoms with E-state index in [1.165, 1.54) is 6.07 Å². The molecule has 100 valence electrons. The van der Waals surface area contributed by atoms with Gasteiger partial charge in [-0.25, -0.2) is 9.18 Å². The Labute approximate surface area is 115 Å². The van der Waals surface area contributed by atoms with Crippen LogP contribution in [0.5, 0.6) is 0 Å². The summed E-state index contributed by atoms with van der Waals surface area (Å²) in [6.07, 6.45) is -0.705. The Hall–Kier alpha value is -2.87. The maximum Gasteiger partial charge on any atom is 0.411 e. The fourth-order valence-corrected chi connectivity index (χ4v) is 1.60. The minimum atomic E-state index is -0.705. The molecule has 0 saturated heterocycles. The summed E-state index contributed by atoms with van der Waals surface area (Å²) >= 11 is 0. The third-order valence-corrected chi connectivity index (χ3v) is 2.49. The quantitative estimate of drug-likeness (QED) is 0.929. The molecule has 1 amide bonds. The second-order valence-electron chi connectivity index (χ2n) is 4.03. The van der Waals surface area contributed by atoms with Crippen molar-refractivity contribution in [1.82, 2.24) is 0 Å². The van der Waals surface area contributed by atoms with Crippen molar-refractivity contribution in [2.24, 2.45) is 0 Å². The van der Waals surface area contributed by atoms with Crippen molar-refractivity contribution in [2.45, 2.75) is 6.61 Å². The Morgan fingerprint density at radius 2 is 2.00 bits per heavy atom. The molecule has 2 rings (SSSR count). The molecule has 0 aliphatic carbocycles. The zero-order chi connectivity index (χ0) is 14.4. The molecule has 0 aromatic heterocycles. The number of benzene rings is 2. The summed E-state index contributed by atoms with van der Waals surface area (Å²) < 4.78 is 18.2. The number of nitrogens with zero attached hydrogens (tertiary/aromatic N) is 1. The number of hydrogen-bond donors (Lipinski definition) is 1. The molecule has 4 nitrogen and oxygen atoms in total. The summed E-state index contributed by atoms with van der Waals surface area (Å²) in [5.74, 6) is -0.595. The van der Waals surface area contributed by atoms with Gasteiger partial charge in [-0.15, -0.1) is 0 Å². The van der Waals surface area contributed by atoms with Crippen LogP contribution in [0.3, 0.4) is 0 Å². The van der Waals surface area contributed by atoms with Crippen molar-refractivity contribution in [3.63, 3.8) is 0 Å². The summed E-state index contributed by atoms with van der Waals surface area (Å²) in [4.78, 5) is 11.6. The van der Waals surface area contributed by atoms with E-state index in [1.54, 1.807) is 0 Å². The third-order valence-electron chi connectivity index (χ3n) is 2.49. The number of amides is 1. The van der Waals surface area contributed by atoms with Crippen LogP contribution >= 0.6 is 0 Å². The average molecular weight is 270 g/mol. The first-order chi connectivity index (χ1) is 9.67. The number of carbonyl (C=O) groups is 1. The minimum absolute atomic E-state index is 0.118. The van der Waals surface area contributed by atoms with E-state index in [0.29, 0.717) is 0 Å². The largest absolute Gasteiger partial charge is 0.444 e. The smallest absolute Gasteiger partial charge is 0.411 e. The van der Waals surface area contributed by atoms with E-state index in [9.17, 15) is 9.18 Å². The Morgan fingerprint density at radius 1 is 1.25 bits per heavy atom. The second-order valence-corrected chi connectivity index (χ2v) is 4.03. The second kappa shape index (κ2) is 6.34. The number of halogens is 1. The molecule has 0 aliphatic rings. The van der Waals surface area contributed by atoms with E-state index in [1.807, 2.05) is 36.4 Å². The lowest BCUT2D eigenvalue weighted by Gasteiger charge is -2.07. The molecule has 5 heteroatoms. The number of nitrogens with one attached hydrogen (secondary N) is 1. The van der Waals surface area contributed by atoms with E-state index in [2.05, 4.69) is 5.32 Å². The van der Waals surface area contributed by atoms with Gasteiger partial charge in [0.15, 0.2) is 0 Å². The van der Waals surface area contributed by atoms with Gasteiger partial charge in [0, 0.05) is 5.69 Å². The van der Waals surface area contributed by atoms with Crippen molar-refractivity contribution in [1.29, 1.82) is 5.26 Å². The molecule has 0 unspecified atom stereocenters. The van der Waals surface area contributed by atoms with Crippen molar-refractivity contribution >= 4 is 11.8 Å². The van der Waals surface area contributed by atoms with Crippen LogP contribution in [0.4, 0.5) is 14.9 Å². The number of rotatable bonds is 3. The Balaban J connectivity index is 1.95. The maximum absolute atomic E-state index is 13.2. The molecule has 0 aliphatic heterocycles. The average Bonchev–Trinajstić information content (AvgIpc) is 2.45. The Bertz CT molecular complexity index is 651. The first-order valence-corrected chi connectivity index (χ1v) is 5.86. The number of nitriles is 1. The summed E-state index contributed by atoms with van der Waals surface area (Å²) in [5, 5.41) is 11.1. The van der Waals surface area contributed by atoms with E-state index in [4.69, 9.17) is 10.00 Å². The normalized spacial score (nSPS) is 9.60. The van der Waals surface area contributed by atoms with Gasteiger partial charge in [0.2, 0.25) is 0 Å². The highest BCUT2D eigenvalue weighted by Gasteiger charge is 2.06. The van der Waals surface area contributed by atoms with Gasteiger partial charge in [0.25, 0.3) is 0 Å². The first kappa shape index (κ1) is 13.6. The van der Waals surface area contributed by atoms with Crippen molar-refractivity contribution in [3.05, 3.63) is 65.5 Å². The lowest BCUT2D eigenvalue weighted by Crippen LogP contribution is -2.13. The summed E-state index contributed by atoms with van der Waals surface area (Å²) in [6, 6.07) is 14.6. The molecule has 0 radical (unpaired) electrons. The first-order valence-electron chi connectivity index (χ1n) is 5.86.